The molecule has 0 spiro atoms. The van der Waals surface area contributed by atoms with Crippen molar-refractivity contribution in [3.05, 3.63) is 16.6 Å². The molecule has 2 rings (SSSR count). The highest BCUT2D eigenvalue weighted by Crippen LogP contribution is 2.37. The summed E-state index contributed by atoms with van der Waals surface area (Å²) in [6.07, 6.45) is 3.08. The molecule has 4 heteroatoms. The Hall–Kier alpha value is -0.450. The Kier molecular flexibility index (Phi) is 3.09. The molecule has 84 valence electrons. The zero-order valence-corrected chi connectivity index (χ0v) is 10.3. The number of nitrogens with zero attached hydrogens (tertiary/aromatic N) is 1. The number of hydrogen-bond donors (Lipinski definition) is 1. The molecule has 1 aliphatic heterocycles. The maximum Gasteiger partial charge on any atom is 0.115 e. The number of ether oxygens (including phenoxy) is 1. The van der Waals surface area contributed by atoms with Crippen LogP contribution < -0.4 is 5.32 Å². The van der Waals surface area contributed by atoms with Crippen molar-refractivity contribution in [2.75, 3.05) is 6.61 Å². The van der Waals surface area contributed by atoms with Crippen molar-refractivity contribution in [2.45, 2.75) is 44.9 Å². The summed E-state index contributed by atoms with van der Waals surface area (Å²) in [7, 11) is 0. The highest BCUT2D eigenvalue weighted by atomic mass is 32.1. The van der Waals surface area contributed by atoms with Gasteiger partial charge in [-0.15, -0.1) is 11.3 Å². The number of hydrogen-bond acceptors (Lipinski definition) is 4. The summed E-state index contributed by atoms with van der Waals surface area (Å²) < 4.78 is 5.70. The van der Waals surface area contributed by atoms with Crippen molar-refractivity contribution >= 4 is 11.3 Å². The third-order valence-corrected chi connectivity index (χ3v) is 3.87. The Morgan fingerprint density at radius 3 is 2.93 bits per heavy atom. The summed E-state index contributed by atoms with van der Waals surface area (Å²) >= 11 is 1.71. The van der Waals surface area contributed by atoms with Crippen LogP contribution in [0.3, 0.4) is 0 Å². The standard InChI is InChI=1S/C11H18N2OS/c1-8(2)13-11(4-6-14-9(11)3)10-12-5-7-15-10/h5,7-9,13H,4,6H2,1-3H3. The molecule has 0 aliphatic carbocycles. The SMILES string of the molecule is CC(C)NC1(c2nccs2)CCOC1C. The fourth-order valence-electron chi connectivity index (χ4n) is 2.23. The van der Waals surface area contributed by atoms with Crippen molar-refractivity contribution < 1.29 is 4.74 Å². The zero-order valence-electron chi connectivity index (χ0n) is 9.49. The van der Waals surface area contributed by atoms with Gasteiger partial charge in [0, 0.05) is 24.2 Å². The molecule has 2 heterocycles. The molecule has 2 unspecified atom stereocenters. The molecule has 0 radical (unpaired) electrons. The number of nitrogens with one attached hydrogen (secondary N) is 1. The lowest BCUT2D eigenvalue weighted by Crippen LogP contribution is -2.50. The van der Waals surface area contributed by atoms with Gasteiger partial charge in [-0.05, 0) is 27.2 Å². The predicted molar refractivity (Wildman–Crippen MR) is 62.1 cm³/mol. The third kappa shape index (κ3) is 1.94. The summed E-state index contributed by atoms with van der Waals surface area (Å²) in [4.78, 5) is 4.45. The van der Waals surface area contributed by atoms with Crippen LogP contribution in [0.1, 0.15) is 32.2 Å². The second kappa shape index (κ2) is 4.20. The molecule has 1 aliphatic rings. The van der Waals surface area contributed by atoms with E-state index in [0.717, 1.165) is 18.0 Å². The van der Waals surface area contributed by atoms with Crippen LogP contribution in [-0.2, 0) is 10.3 Å². The lowest BCUT2D eigenvalue weighted by molar-refractivity contribution is 0.0784. The van der Waals surface area contributed by atoms with E-state index >= 15 is 0 Å². The van der Waals surface area contributed by atoms with E-state index in [1.807, 2.05) is 11.6 Å². The Morgan fingerprint density at radius 2 is 2.47 bits per heavy atom. The Labute approximate surface area is 94.9 Å². The van der Waals surface area contributed by atoms with Gasteiger partial charge in [-0.2, -0.15) is 0 Å². The fraction of sp³-hybridized carbons (Fsp3) is 0.727. The highest BCUT2D eigenvalue weighted by Gasteiger charge is 2.45. The number of rotatable bonds is 3. The van der Waals surface area contributed by atoms with Gasteiger partial charge in [-0.1, -0.05) is 0 Å². The summed E-state index contributed by atoms with van der Waals surface area (Å²) in [6, 6.07) is 0.443. The van der Waals surface area contributed by atoms with Crippen LogP contribution in [0.5, 0.6) is 0 Å². The molecule has 2 atom stereocenters. The van der Waals surface area contributed by atoms with E-state index in [1.54, 1.807) is 11.3 Å². The molecule has 1 fully saturated rings. The van der Waals surface area contributed by atoms with Crippen molar-refractivity contribution in [2.24, 2.45) is 0 Å². The molecule has 1 aromatic rings. The topological polar surface area (TPSA) is 34.2 Å². The molecule has 1 saturated heterocycles. The first-order valence-electron chi connectivity index (χ1n) is 5.44. The van der Waals surface area contributed by atoms with E-state index < -0.39 is 0 Å². The monoisotopic (exact) mass is 226 g/mol. The average Bonchev–Trinajstić information content (AvgIpc) is 2.76. The second-order valence-corrected chi connectivity index (χ2v) is 5.27. The third-order valence-electron chi connectivity index (χ3n) is 2.92. The van der Waals surface area contributed by atoms with Gasteiger partial charge < -0.3 is 10.1 Å². The molecule has 3 nitrogen and oxygen atoms in total. The van der Waals surface area contributed by atoms with Gasteiger partial charge in [-0.3, -0.25) is 0 Å². The molecule has 0 aromatic carbocycles. The molecule has 0 bridgehead atoms. The molecule has 0 amide bonds. The minimum absolute atomic E-state index is 0.0671. The van der Waals surface area contributed by atoms with Crippen LogP contribution >= 0.6 is 11.3 Å². The van der Waals surface area contributed by atoms with Gasteiger partial charge in [0.1, 0.15) is 5.01 Å². The smallest absolute Gasteiger partial charge is 0.115 e. The van der Waals surface area contributed by atoms with Crippen LogP contribution in [0.4, 0.5) is 0 Å². The molecule has 1 N–H and O–H groups in total. The van der Waals surface area contributed by atoms with E-state index in [2.05, 4.69) is 31.1 Å². The summed E-state index contributed by atoms with van der Waals surface area (Å²) in [5.74, 6) is 0. The van der Waals surface area contributed by atoms with E-state index in [4.69, 9.17) is 4.74 Å². The molecule has 15 heavy (non-hydrogen) atoms. The largest absolute Gasteiger partial charge is 0.376 e. The summed E-state index contributed by atoms with van der Waals surface area (Å²) in [5.41, 5.74) is -0.0671. The van der Waals surface area contributed by atoms with Gasteiger partial charge in [0.25, 0.3) is 0 Å². The van der Waals surface area contributed by atoms with Crippen molar-refractivity contribution in [3.8, 4) is 0 Å². The lowest BCUT2D eigenvalue weighted by Gasteiger charge is -2.33. The molecule has 1 aromatic heterocycles. The Balaban J connectivity index is 2.31. The highest BCUT2D eigenvalue weighted by molar-refractivity contribution is 7.09. The average molecular weight is 226 g/mol. The van der Waals surface area contributed by atoms with Gasteiger partial charge in [0.2, 0.25) is 0 Å². The van der Waals surface area contributed by atoms with E-state index in [-0.39, 0.29) is 11.6 Å². The van der Waals surface area contributed by atoms with Gasteiger partial charge >= 0.3 is 0 Å². The first-order valence-corrected chi connectivity index (χ1v) is 6.32. The normalized spacial score (nSPS) is 31.3. The van der Waals surface area contributed by atoms with Gasteiger partial charge in [-0.25, -0.2) is 4.98 Å². The molecular weight excluding hydrogens is 208 g/mol. The maximum absolute atomic E-state index is 5.70. The van der Waals surface area contributed by atoms with Crippen LogP contribution in [0, 0.1) is 0 Å². The van der Waals surface area contributed by atoms with E-state index in [0.29, 0.717) is 6.04 Å². The Morgan fingerprint density at radius 1 is 1.67 bits per heavy atom. The predicted octanol–water partition coefficient (Wildman–Crippen LogP) is 2.15. The Bertz CT molecular complexity index is 312. The van der Waals surface area contributed by atoms with Crippen molar-refractivity contribution in [3.63, 3.8) is 0 Å². The minimum Gasteiger partial charge on any atom is -0.376 e. The minimum atomic E-state index is -0.0671. The van der Waals surface area contributed by atoms with Crippen LogP contribution in [0.2, 0.25) is 0 Å². The van der Waals surface area contributed by atoms with Crippen LogP contribution in [0.15, 0.2) is 11.6 Å². The molecule has 0 saturated carbocycles. The van der Waals surface area contributed by atoms with Crippen molar-refractivity contribution in [1.29, 1.82) is 0 Å². The maximum atomic E-state index is 5.70. The van der Waals surface area contributed by atoms with Crippen LogP contribution in [-0.4, -0.2) is 23.7 Å². The first kappa shape index (κ1) is 11.0. The number of aromatic nitrogens is 1. The fourth-order valence-corrected chi connectivity index (χ4v) is 3.14. The van der Waals surface area contributed by atoms with Crippen LogP contribution in [0.25, 0.3) is 0 Å². The van der Waals surface area contributed by atoms with E-state index in [1.165, 1.54) is 0 Å². The summed E-state index contributed by atoms with van der Waals surface area (Å²) in [6.45, 7) is 7.28. The van der Waals surface area contributed by atoms with Gasteiger partial charge in [0.15, 0.2) is 0 Å². The number of thiazole rings is 1. The van der Waals surface area contributed by atoms with Gasteiger partial charge in [0.05, 0.1) is 11.6 Å². The quantitative estimate of drug-likeness (QED) is 0.857. The first-order chi connectivity index (χ1) is 7.15. The molecular formula is C11H18N2OS. The lowest BCUT2D eigenvalue weighted by atomic mass is 9.92. The van der Waals surface area contributed by atoms with Crippen molar-refractivity contribution in [1.82, 2.24) is 10.3 Å². The second-order valence-electron chi connectivity index (χ2n) is 4.37. The van der Waals surface area contributed by atoms with E-state index in [9.17, 15) is 0 Å². The zero-order chi connectivity index (χ0) is 10.9. The summed E-state index contributed by atoms with van der Waals surface area (Å²) in [5, 5.41) is 6.82.